The number of hydrogen-bond donors (Lipinski definition) is 2. The van der Waals surface area contributed by atoms with E-state index in [1.165, 1.54) is 16.7 Å². The SMILES string of the molecule is CCNC(=NCc1ccsc1)NCc1ccc(CN2CCCC2=O)cc1.I. The van der Waals surface area contributed by atoms with Crippen molar-refractivity contribution < 1.29 is 4.79 Å². The van der Waals surface area contributed by atoms with Crippen LogP contribution in [0.5, 0.6) is 0 Å². The third kappa shape index (κ3) is 6.80. The van der Waals surface area contributed by atoms with Gasteiger partial charge in [0.05, 0.1) is 6.54 Å². The summed E-state index contributed by atoms with van der Waals surface area (Å²) in [6, 6.07) is 10.5. The monoisotopic (exact) mass is 498 g/mol. The summed E-state index contributed by atoms with van der Waals surface area (Å²) in [5.74, 6) is 1.10. The van der Waals surface area contributed by atoms with Crippen molar-refractivity contribution in [2.75, 3.05) is 13.1 Å². The van der Waals surface area contributed by atoms with Crippen LogP contribution < -0.4 is 10.6 Å². The third-order valence-corrected chi connectivity index (χ3v) is 5.10. The van der Waals surface area contributed by atoms with Crippen LogP contribution in [0.25, 0.3) is 0 Å². The van der Waals surface area contributed by atoms with Crippen molar-refractivity contribution >= 4 is 47.2 Å². The van der Waals surface area contributed by atoms with E-state index in [4.69, 9.17) is 0 Å². The average molecular weight is 498 g/mol. The Morgan fingerprint density at radius 3 is 2.56 bits per heavy atom. The largest absolute Gasteiger partial charge is 0.357 e. The molecule has 0 atom stereocenters. The number of aliphatic imine (C=N–C) groups is 1. The fraction of sp³-hybridized carbons (Fsp3) is 0.400. The average Bonchev–Trinajstić information content (AvgIpc) is 3.31. The fourth-order valence-corrected chi connectivity index (χ4v) is 3.59. The van der Waals surface area contributed by atoms with Crippen LogP contribution >= 0.6 is 35.3 Å². The minimum absolute atomic E-state index is 0. The molecule has 0 unspecified atom stereocenters. The van der Waals surface area contributed by atoms with Gasteiger partial charge < -0.3 is 15.5 Å². The highest BCUT2D eigenvalue weighted by atomic mass is 127. The van der Waals surface area contributed by atoms with E-state index in [2.05, 4.69) is 63.6 Å². The normalized spacial score (nSPS) is 14.2. The van der Waals surface area contributed by atoms with Crippen LogP contribution in [-0.4, -0.2) is 29.9 Å². The van der Waals surface area contributed by atoms with Gasteiger partial charge in [0.25, 0.3) is 0 Å². The third-order valence-electron chi connectivity index (χ3n) is 4.37. The molecular weight excluding hydrogens is 471 g/mol. The van der Waals surface area contributed by atoms with Gasteiger partial charge in [-0.05, 0) is 46.9 Å². The van der Waals surface area contributed by atoms with E-state index in [1.807, 2.05) is 4.90 Å². The predicted octanol–water partition coefficient (Wildman–Crippen LogP) is 3.74. The highest BCUT2D eigenvalue weighted by molar-refractivity contribution is 14.0. The van der Waals surface area contributed by atoms with Gasteiger partial charge in [0, 0.05) is 32.6 Å². The van der Waals surface area contributed by atoms with Crippen LogP contribution in [-0.2, 0) is 24.4 Å². The van der Waals surface area contributed by atoms with Gasteiger partial charge in [-0.2, -0.15) is 11.3 Å². The lowest BCUT2D eigenvalue weighted by atomic mass is 10.1. The second-order valence-electron chi connectivity index (χ2n) is 6.42. The van der Waals surface area contributed by atoms with Crippen molar-refractivity contribution in [2.45, 2.75) is 39.4 Å². The van der Waals surface area contributed by atoms with E-state index in [1.54, 1.807) is 11.3 Å². The Bertz CT molecular complexity index is 731. The molecule has 3 rings (SSSR count). The number of benzene rings is 1. The second-order valence-corrected chi connectivity index (χ2v) is 7.20. The summed E-state index contributed by atoms with van der Waals surface area (Å²) >= 11 is 1.69. The summed E-state index contributed by atoms with van der Waals surface area (Å²) in [5.41, 5.74) is 3.61. The maximum absolute atomic E-state index is 11.7. The van der Waals surface area contributed by atoms with Gasteiger partial charge in [-0.1, -0.05) is 24.3 Å². The number of carbonyl (C=O) groups excluding carboxylic acids is 1. The first-order valence-corrected chi connectivity index (χ1v) is 10.1. The molecule has 146 valence electrons. The molecule has 0 saturated carbocycles. The van der Waals surface area contributed by atoms with E-state index < -0.39 is 0 Å². The van der Waals surface area contributed by atoms with Crippen LogP contribution in [0.15, 0.2) is 46.1 Å². The number of thiophene rings is 1. The summed E-state index contributed by atoms with van der Waals surface area (Å²) < 4.78 is 0. The standard InChI is InChI=1S/C20H26N4OS.HI/c1-2-21-20(23-13-18-9-11-26-15-18)22-12-16-5-7-17(8-6-16)14-24-10-3-4-19(24)25;/h5-9,11,15H,2-4,10,12-14H2,1H3,(H2,21,22,23);1H. The number of hydrogen-bond acceptors (Lipinski definition) is 3. The molecule has 1 amide bonds. The van der Waals surface area contributed by atoms with Gasteiger partial charge in [0.2, 0.25) is 5.91 Å². The molecule has 1 aromatic carbocycles. The molecule has 1 aromatic heterocycles. The highest BCUT2D eigenvalue weighted by Crippen LogP contribution is 2.14. The minimum Gasteiger partial charge on any atom is -0.357 e. The van der Waals surface area contributed by atoms with Crippen molar-refractivity contribution in [2.24, 2.45) is 4.99 Å². The van der Waals surface area contributed by atoms with Crippen molar-refractivity contribution in [1.29, 1.82) is 0 Å². The number of amides is 1. The first-order chi connectivity index (χ1) is 12.7. The topological polar surface area (TPSA) is 56.7 Å². The molecular formula is C20H27IN4OS. The molecule has 0 spiro atoms. The summed E-state index contributed by atoms with van der Waals surface area (Å²) in [7, 11) is 0. The Balaban J connectivity index is 0.00000261. The first-order valence-electron chi connectivity index (χ1n) is 9.13. The first kappa shape index (κ1) is 21.7. The zero-order valence-corrected chi connectivity index (χ0v) is 18.8. The molecule has 0 bridgehead atoms. The Morgan fingerprint density at radius 1 is 1.15 bits per heavy atom. The van der Waals surface area contributed by atoms with Gasteiger partial charge >= 0.3 is 0 Å². The summed E-state index contributed by atoms with van der Waals surface area (Å²) in [4.78, 5) is 18.3. The van der Waals surface area contributed by atoms with E-state index in [-0.39, 0.29) is 29.9 Å². The molecule has 2 heterocycles. The summed E-state index contributed by atoms with van der Waals surface area (Å²) in [5, 5.41) is 10.8. The molecule has 7 heteroatoms. The summed E-state index contributed by atoms with van der Waals surface area (Å²) in [6.45, 7) is 5.90. The maximum atomic E-state index is 11.7. The zero-order chi connectivity index (χ0) is 18.2. The molecule has 5 nitrogen and oxygen atoms in total. The van der Waals surface area contributed by atoms with E-state index in [0.29, 0.717) is 13.0 Å². The predicted molar refractivity (Wildman–Crippen MR) is 122 cm³/mol. The van der Waals surface area contributed by atoms with Gasteiger partial charge in [0.1, 0.15) is 0 Å². The van der Waals surface area contributed by atoms with Gasteiger partial charge in [-0.25, -0.2) is 4.99 Å². The van der Waals surface area contributed by atoms with Crippen molar-refractivity contribution in [3.8, 4) is 0 Å². The summed E-state index contributed by atoms with van der Waals surface area (Å²) in [6.07, 6.45) is 1.68. The molecule has 1 aliphatic rings. The van der Waals surface area contributed by atoms with Crippen LogP contribution in [0.3, 0.4) is 0 Å². The Hall–Kier alpha value is -1.61. The quantitative estimate of drug-likeness (QED) is 0.348. The highest BCUT2D eigenvalue weighted by Gasteiger charge is 2.19. The minimum atomic E-state index is 0. The lowest BCUT2D eigenvalue weighted by Gasteiger charge is -2.16. The number of nitrogens with zero attached hydrogens (tertiary/aromatic N) is 2. The lowest BCUT2D eigenvalue weighted by molar-refractivity contribution is -0.128. The van der Waals surface area contributed by atoms with Crippen LogP contribution in [0, 0.1) is 0 Å². The smallest absolute Gasteiger partial charge is 0.222 e. The van der Waals surface area contributed by atoms with Crippen LogP contribution in [0.4, 0.5) is 0 Å². The van der Waals surface area contributed by atoms with Crippen molar-refractivity contribution in [1.82, 2.24) is 15.5 Å². The molecule has 1 aliphatic heterocycles. The van der Waals surface area contributed by atoms with E-state index >= 15 is 0 Å². The van der Waals surface area contributed by atoms with Crippen LogP contribution in [0.1, 0.15) is 36.5 Å². The number of carbonyl (C=O) groups is 1. The molecule has 0 aliphatic carbocycles. The lowest BCUT2D eigenvalue weighted by Crippen LogP contribution is -2.36. The number of guanidine groups is 1. The molecule has 2 aromatic rings. The Labute approximate surface area is 182 Å². The fourth-order valence-electron chi connectivity index (χ4n) is 2.93. The van der Waals surface area contributed by atoms with Crippen LogP contribution in [0.2, 0.25) is 0 Å². The Morgan fingerprint density at radius 2 is 1.93 bits per heavy atom. The number of halogens is 1. The molecule has 0 radical (unpaired) electrons. The Kier molecular flexibility index (Phi) is 9.06. The van der Waals surface area contributed by atoms with Crippen molar-refractivity contribution in [3.05, 3.63) is 57.8 Å². The molecule has 1 fully saturated rings. The molecule has 2 N–H and O–H groups in total. The number of rotatable bonds is 7. The second kappa shape index (κ2) is 11.3. The van der Waals surface area contributed by atoms with E-state index in [0.717, 1.165) is 38.6 Å². The van der Waals surface area contributed by atoms with E-state index in [9.17, 15) is 4.79 Å². The van der Waals surface area contributed by atoms with Gasteiger partial charge in [0.15, 0.2) is 5.96 Å². The molecule has 27 heavy (non-hydrogen) atoms. The number of nitrogens with one attached hydrogen (secondary N) is 2. The van der Waals surface area contributed by atoms with Gasteiger partial charge in [-0.3, -0.25) is 4.79 Å². The zero-order valence-electron chi connectivity index (χ0n) is 15.6. The van der Waals surface area contributed by atoms with Gasteiger partial charge in [-0.15, -0.1) is 24.0 Å². The number of likely N-dealkylation sites (tertiary alicyclic amines) is 1. The maximum Gasteiger partial charge on any atom is 0.222 e. The van der Waals surface area contributed by atoms with Crippen molar-refractivity contribution in [3.63, 3.8) is 0 Å². The molecule has 1 saturated heterocycles.